The van der Waals surface area contributed by atoms with Crippen molar-refractivity contribution >= 4 is 0 Å². The van der Waals surface area contributed by atoms with Gasteiger partial charge in [-0.15, -0.1) is 0 Å². The molecule has 9 atom stereocenters. The van der Waals surface area contributed by atoms with E-state index in [4.69, 9.17) is 14.2 Å². The van der Waals surface area contributed by atoms with E-state index >= 15 is 0 Å². The molecule has 0 aromatic heterocycles. The Morgan fingerprint density at radius 2 is 1.48 bits per heavy atom. The van der Waals surface area contributed by atoms with E-state index in [0.29, 0.717) is 0 Å². The van der Waals surface area contributed by atoms with E-state index in [1.807, 2.05) is 0 Å². The molecule has 124 valence electrons. The predicted molar refractivity (Wildman–Crippen MR) is 62.6 cm³/mol. The largest absolute Gasteiger partial charge is 0.388 e. The van der Waals surface area contributed by atoms with Gasteiger partial charge in [0, 0.05) is 0 Å². The molecule has 21 heavy (non-hydrogen) atoms. The summed E-state index contributed by atoms with van der Waals surface area (Å²) < 4.78 is 15.0. The van der Waals surface area contributed by atoms with Crippen LogP contribution in [0.4, 0.5) is 0 Å². The summed E-state index contributed by atoms with van der Waals surface area (Å²) in [6.45, 7) is -0.631. The lowest BCUT2D eigenvalue weighted by Crippen LogP contribution is -2.59. The van der Waals surface area contributed by atoms with E-state index in [-0.39, 0.29) is 13.2 Å². The maximum Gasteiger partial charge on any atom is 0.186 e. The van der Waals surface area contributed by atoms with Crippen LogP contribution in [0, 0.1) is 0 Å². The Kier molecular flexibility index (Phi) is 5.48. The normalized spacial score (nSPS) is 51.9. The molecule has 0 bridgehead atoms. The summed E-state index contributed by atoms with van der Waals surface area (Å²) in [5, 5.41) is 66.2. The molecule has 0 saturated carbocycles. The molecule has 2 aliphatic rings. The first kappa shape index (κ1) is 17.0. The zero-order valence-corrected chi connectivity index (χ0v) is 11.0. The Labute approximate surface area is 119 Å². The minimum absolute atomic E-state index is 0.249. The predicted octanol–water partition coefficient (Wildman–Crippen LogP) is -4.76. The van der Waals surface area contributed by atoms with Crippen molar-refractivity contribution < 1.29 is 50.0 Å². The Bertz CT molecular complexity index is 341. The van der Waals surface area contributed by atoms with Crippen molar-refractivity contribution in [2.45, 2.75) is 55.3 Å². The summed E-state index contributed by atoms with van der Waals surface area (Å²) in [7, 11) is 0. The topological polar surface area (TPSA) is 169 Å². The third-order valence-corrected chi connectivity index (χ3v) is 3.57. The summed E-state index contributed by atoms with van der Waals surface area (Å²) in [4.78, 5) is 0. The Balaban J connectivity index is 1.88. The van der Waals surface area contributed by atoms with Crippen molar-refractivity contribution in [2.24, 2.45) is 0 Å². The number of rotatable bonds is 3. The van der Waals surface area contributed by atoms with E-state index in [0.717, 1.165) is 0 Å². The van der Waals surface area contributed by atoms with E-state index in [1.54, 1.807) is 0 Å². The standard InChI is InChI=1S/C11H20O10/c12-3-1-19-11(9(17)5(3)13)20-2-4-6(14)7(15)8(16)10(18)21-4/h3-18H,1-2H2/t3-,4+,5-,6-,7-,8+,9-,10+,11-/m1/s1. The third-order valence-electron chi connectivity index (χ3n) is 3.57. The molecule has 0 spiro atoms. The van der Waals surface area contributed by atoms with Crippen molar-refractivity contribution in [1.29, 1.82) is 0 Å². The Morgan fingerprint density at radius 1 is 0.810 bits per heavy atom. The van der Waals surface area contributed by atoms with Gasteiger partial charge in [-0.05, 0) is 0 Å². The fraction of sp³-hybridized carbons (Fsp3) is 1.00. The highest BCUT2D eigenvalue weighted by Crippen LogP contribution is 2.22. The average Bonchev–Trinajstić information content (AvgIpc) is 2.46. The van der Waals surface area contributed by atoms with Crippen molar-refractivity contribution in [3.05, 3.63) is 0 Å². The molecular formula is C11H20O10. The van der Waals surface area contributed by atoms with E-state index in [1.165, 1.54) is 0 Å². The number of hydrogen-bond donors (Lipinski definition) is 7. The van der Waals surface area contributed by atoms with Crippen LogP contribution in [-0.4, -0.2) is 104 Å². The fourth-order valence-electron chi connectivity index (χ4n) is 2.18. The molecule has 2 aliphatic heterocycles. The van der Waals surface area contributed by atoms with Crippen molar-refractivity contribution in [3.63, 3.8) is 0 Å². The van der Waals surface area contributed by atoms with Crippen LogP contribution in [0.25, 0.3) is 0 Å². The van der Waals surface area contributed by atoms with Crippen molar-refractivity contribution in [3.8, 4) is 0 Å². The quantitative estimate of drug-likeness (QED) is 0.268. The van der Waals surface area contributed by atoms with Gasteiger partial charge in [0.25, 0.3) is 0 Å². The molecule has 2 fully saturated rings. The molecule has 0 unspecified atom stereocenters. The molecular weight excluding hydrogens is 292 g/mol. The lowest BCUT2D eigenvalue weighted by molar-refractivity contribution is -0.312. The van der Waals surface area contributed by atoms with Crippen molar-refractivity contribution in [2.75, 3.05) is 13.2 Å². The van der Waals surface area contributed by atoms with Gasteiger partial charge in [0.2, 0.25) is 0 Å². The van der Waals surface area contributed by atoms with Gasteiger partial charge in [-0.25, -0.2) is 0 Å². The smallest absolute Gasteiger partial charge is 0.186 e. The number of hydrogen-bond acceptors (Lipinski definition) is 10. The van der Waals surface area contributed by atoms with Gasteiger partial charge < -0.3 is 50.0 Å². The van der Waals surface area contributed by atoms with Crippen LogP contribution in [0.1, 0.15) is 0 Å². The maximum atomic E-state index is 9.70. The van der Waals surface area contributed by atoms with Crippen molar-refractivity contribution in [1.82, 2.24) is 0 Å². The summed E-state index contributed by atoms with van der Waals surface area (Å²) in [6.07, 6.45) is -13.1. The van der Waals surface area contributed by atoms with E-state index in [2.05, 4.69) is 0 Å². The average molecular weight is 312 g/mol. The minimum atomic E-state index is -1.69. The Hall–Kier alpha value is -0.400. The lowest BCUT2D eigenvalue weighted by Gasteiger charge is -2.40. The molecule has 0 aromatic carbocycles. The highest BCUT2D eigenvalue weighted by atomic mass is 16.7. The van der Waals surface area contributed by atoms with Gasteiger partial charge in [-0.1, -0.05) is 0 Å². The summed E-state index contributed by atoms with van der Waals surface area (Å²) in [5.74, 6) is 0. The van der Waals surface area contributed by atoms with Crippen LogP contribution in [0.2, 0.25) is 0 Å². The molecule has 2 saturated heterocycles. The highest BCUT2D eigenvalue weighted by Gasteiger charge is 2.44. The van der Waals surface area contributed by atoms with Gasteiger partial charge in [0.1, 0.15) is 42.7 Å². The third kappa shape index (κ3) is 3.51. The fourth-order valence-corrected chi connectivity index (χ4v) is 2.18. The molecule has 10 heteroatoms. The summed E-state index contributed by atoms with van der Waals surface area (Å²) in [6, 6.07) is 0. The SMILES string of the molecule is O[C@@H]1[C@H](O)[C@H](CO[C@H]2OC[C@@H](O)[C@@H](O)[C@H]2O)O[C@H](O)[C@H]1O. The van der Waals surface area contributed by atoms with Gasteiger partial charge >= 0.3 is 0 Å². The number of aliphatic hydroxyl groups is 7. The molecule has 0 aliphatic carbocycles. The van der Waals surface area contributed by atoms with Gasteiger partial charge in [0.05, 0.1) is 13.2 Å². The first-order valence-corrected chi connectivity index (χ1v) is 6.48. The maximum absolute atomic E-state index is 9.70. The molecule has 2 heterocycles. The Morgan fingerprint density at radius 3 is 2.14 bits per heavy atom. The second kappa shape index (κ2) is 6.79. The monoisotopic (exact) mass is 312 g/mol. The van der Waals surface area contributed by atoms with E-state index < -0.39 is 55.3 Å². The minimum Gasteiger partial charge on any atom is -0.388 e. The zero-order chi connectivity index (χ0) is 15.7. The van der Waals surface area contributed by atoms with Gasteiger partial charge in [-0.3, -0.25) is 0 Å². The second-order valence-corrected chi connectivity index (χ2v) is 5.12. The summed E-state index contributed by atoms with van der Waals surface area (Å²) in [5.41, 5.74) is 0. The van der Waals surface area contributed by atoms with Gasteiger partial charge in [0.15, 0.2) is 12.6 Å². The molecule has 0 aromatic rings. The second-order valence-electron chi connectivity index (χ2n) is 5.12. The van der Waals surface area contributed by atoms with E-state index in [9.17, 15) is 35.7 Å². The van der Waals surface area contributed by atoms with Gasteiger partial charge in [-0.2, -0.15) is 0 Å². The lowest BCUT2D eigenvalue weighted by atomic mass is 9.99. The molecule has 0 radical (unpaired) electrons. The van der Waals surface area contributed by atoms with Crippen LogP contribution >= 0.6 is 0 Å². The first-order valence-electron chi connectivity index (χ1n) is 6.48. The van der Waals surface area contributed by atoms with Crippen LogP contribution in [-0.2, 0) is 14.2 Å². The van der Waals surface area contributed by atoms with Crippen LogP contribution in [0.5, 0.6) is 0 Å². The van der Waals surface area contributed by atoms with Crippen LogP contribution in [0.3, 0.4) is 0 Å². The first-order chi connectivity index (χ1) is 9.82. The molecule has 7 N–H and O–H groups in total. The highest BCUT2D eigenvalue weighted by molar-refractivity contribution is 4.89. The number of ether oxygens (including phenoxy) is 3. The number of aliphatic hydroxyl groups excluding tert-OH is 7. The molecule has 10 nitrogen and oxygen atoms in total. The zero-order valence-electron chi connectivity index (χ0n) is 11.0. The molecule has 0 amide bonds. The summed E-state index contributed by atoms with van der Waals surface area (Å²) >= 11 is 0. The molecule has 2 rings (SSSR count). The van der Waals surface area contributed by atoms with Crippen LogP contribution < -0.4 is 0 Å². The van der Waals surface area contributed by atoms with Crippen LogP contribution in [0.15, 0.2) is 0 Å².